The molecule has 7 heteroatoms. The minimum atomic E-state index is -0.807. The molecule has 0 spiro atoms. The summed E-state index contributed by atoms with van der Waals surface area (Å²) in [6, 6.07) is 2.52. The number of nitrogens with zero attached hydrogens (tertiary/aromatic N) is 1. The third-order valence-electron chi connectivity index (χ3n) is 4.08. The molecule has 7 nitrogen and oxygen atoms in total. The van der Waals surface area contributed by atoms with Gasteiger partial charge in [0.15, 0.2) is 0 Å². The lowest BCUT2D eigenvalue weighted by Crippen LogP contribution is -2.46. The quantitative estimate of drug-likeness (QED) is 0.810. The number of methoxy groups -OCH3 is 1. The zero-order chi connectivity index (χ0) is 17.9. The molecule has 0 radical (unpaired) electrons. The van der Waals surface area contributed by atoms with Crippen molar-refractivity contribution in [1.29, 1.82) is 0 Å². The van der Waals surface area contributed by atoms with Crippen LogP contribution in [0.25, 0.3) is 11.0 Å². The minimum Gasteiger partial charge on any atom is -0.467 e. The maximum Gasteiger partial charge on any atom is 0.328 e. The number of nitrogens with one attached hydrogen (secondary N) is 2. The van der Waals surface area contributed by atoms with Gasteiger partial charge in [-0.2, -0.15) is 0 Å². The molecule has 2 unspecified atom stereocenters. The van der Waals surface area contributed by atoms with Crippen LogP contribution in [-0.2, 0) is 9.53 Å². The largest absolute Gasteiger partial charge is 0.467 e. The predicted molar refractivity (Wildman–Crippen MR) is 89.8 cm³/mol. The first-order chi connectivity index (χ1) is 11.4. The van der Waals surface area contributed by atoms with E-state index in [2.05, 4.69) is 15.3 Å². The van der Waals surface area contributed by atoms with Gasteiger partial charge in [0, 0.05) is 11.9 Å². The van der Waals surface area contributed by atoms with Gasteiger partial charge in [0.25, 0.3) is 5.91 Å². The van der Waals surface area contributed by atoms with Gasteiger partial charge in [-0.3, -0.25) is 9.59 Å². The van der Waals surface area contributed by atoms with Crippen LogP contribution in [0.1, 0.15) is 36.3 Å². The van der Waals surface area contributed by atoms with E-state index in [1.165, 1.54) is 13.3 Å². The molecular weight excluding hydrogens is 310 g/mol. The van der Waals surface area contributed by atoms with E-state index >= 15 is 0 Å². The Morgan fingerprint density at radius 3 is 2.71 bits per heavy atom. The van der Waals surface area contributed by atoms with E-state index in [4.69, 9.17) is 4.74 Å². The summed E-state index contributed by atoms with van der Waals surface area (Å²) in [7, 11) is 1.26. The van der Waals surface area contributed by atoms with Crippen LogP contribution < -0.4 is 10.7 Å². The Morgan fingerprint density at radius 1 is 1.38 bits per heavy atom. The molecular formula is C17H21N3O4. The standard InChI is InChI=1S/C17H21N3O4/c1-5-9(2)13(17(23)24-4)20-16(22)12-8-18-15-11(14(12)21)7-6-10(3)19-15/h6-9,13H,5H2,1-4H3,(H,20,22)(H,18,19,21). The molecule has 128 valence electrons. The number of fused-ring (bicyclic) bond motifs is 1. The number of ether oxygens (including phenoxy) is 1. The summed E-state index contributed by atoms with van der Waals surface area (Å²) in [6.07, 6.45) is 1.99. The van der Waals surface area contributed by atoms with Crippen molar-refractivity contribution in [2.75, 3.05) is 7.11 Å². The number of aromatic amines is 1. The number of pyridine rings is 2. The Kier molecular flexibility index (Phi) is 5.33. The Hall–Kier alpha value is -2.70. The highest BCUT2D eigenvalue weighted by molar-refractivity contribution is 5.98. The van der Waals surface area contributed by atoms with Crippen LogP contribution >= 0.6 is 0 Å². The SMILES string of the molecule is CCC(C)C(NC(=O)c1c[nH]c2nc(C)ccc2c1=O)C(=O)OC. The number of carbonyl (C=O) groups excluding carboxylic acids is 2. The number of amides is 1. The van der Waals surface area contributed by atoms with Gasteiger partial charge in [-0.15, -0.1) is 0 Å². The van der Waals surface area contributed by atoms with Gasteiger partial charge in [0.1, 0.15) is 17.3 Å². The normalized spacial score (nSPS) is 13.3. The van der Waals surface area contributed by atoms with E-state index in [0.717, 1.165) is 5.69 Å². The van der Waals surface area contributed by atoms with Crippen LogP contribution in [0.4, 0.5) is 0 Å². The first-order valence-corrected chi connectivity index (χ1v) is 7.76. The highest BCUT2D eigenvalue weighted by Crippen LogP contribution is 2.11. The van der Waals surface area contributed by atoms with Crippen LogP contribution in [0.15, 0.2) is 23.1 Å². The Bertz CT molecular complexity index is 828. The summed E-state index contributed by atoms with van der Waals surface area (Å²) in [4.78, 5) is 43.9. The van der Waals surface area contributed by atoms with Gasteiger partial charge in [-0.05, 0) is 25.0 Å². The molecule has 2 rings (SSSR count). The summed E-state index contributed by atoms with van der Waals surface area (Å²) in [5.74, 6) is -1.27. The van der Waals surface area contributed by atoms with Crippen LogP contribution in [0.2, 0.25) is 0 Å². The van der Waals surface area contributed by atoms with Crippen LogP contribution in [0.5, 0.6) is 0 Å². The number of aromatic nitrogens is 2. The summed E-state index contributed by atoms with van der Waals surface area (Å²) < 4.78 is 4.74. The number of rotatable bonds is 5. The van der Waals surface area contributed by atoms with E-state index < -0.39 is 23.3 Å². The zero-order valence-corrected chi connectivity index (χ0v) is 14.2. The molecule has 0 bridgehead atoms. The molecule has 0 fully saturated rings. The fraction of sp³-hybridized carbons (Fsp3) is 0.412. The summed E-state index contributed by atoms with van der Waals surface area (Å²) >= 11 is 0. The maximum absolute atomic E-state index is 12.5. The third kappa shape index (κ3) is 3.45. The second kappa shape index (κ2) is 7.25. The molecule has 1 amide bonds. The molecule has 2 aromatic rings. The zero-order valence-electron chi connectivity index (χ0n) is 14.2. The number of aryl methyl sites for hydroxylation is 1. The minimum absolute atomic E-state index is 0.0645. The van der Waals surface area contributed by atoms with Crippen molar-refractivity contribution in [2.45, 2.75) is 33.2 Å². The summed E-state index contributed by atoms with van der Waals surface area (Å²) in [5, 5.41) is 2.92. The van der Waals surface area contributed by atoms with E-state index in [0.29, 0.717) is 17.5 Å². The van der Waals surface area contributed by atoms with Crippen LogP contribution in [-0.4, -0.2) is 35.0 Å². The monoisotopic (exact) mass is 331 g/mol. The van der Waals surface area contributed by atoms with Gasteiger partial charge < -0.3 is 15.0 Å². The van der Waals surface area contributed by atoms with Crippen molar-refractivity contribution in [3.05, 3.63) is 39.8 Å². The molecule has 0 saturated carbocycles. The topological polar surface area (TPSA) is 101 Å². The van der Waals surface area contributed by atoms with Gasteiger partial charge in [0.2, 0.25) is 5.43 Å². The Labute approximate surface area is 139 Å². The fourth-order valence-corrected chi connectivity index (χ4v) is 2.38. The highest BCUT2D eigenvalue weighted by Gasteiger charge is 2.28. The van der Waals surface area contributed by atoms with Crippen LogP contribution in [0, 0.1) is 12.8 Å². The first kappa shape index (κ1) is 17.7. The van der Waals surface area contributed by atoms with Crippen molar-refractivity contribution in [3.63, 3.8) is 0 Å². The smallest absolute Gasteiger partial charge is 0.328 e. The lowest BCUT2D eigenvalue weighted by atomic mass is 9.99. The number of carbonyl (C=O) groups is 2. The lowest BCUT2D eigenvalue weighted by Gasteiger charge is -2.21. The molecule has 2 aromatic heterocycles. The first-order valence-electron chi connectivity index (χ1n) is 7.76. The van der Waals surface area contributed by atoms with Gasteiger partial charge in [-0.1, -0.05) is 20.3 Å². The predicted octanol–water partition coefficient (Wildman–Crippen LogP) is 1.55. The molecule has 0 saturated heterocycles. The molecule has 0 aliphatic heterocycles. The maximum atomic E-state index is 12.5. The summed E-state index contributed by atoms with van der Waals surface area (Å²) in [6.45, 7) is 5.55. The average molecular weight is 331 g/mol. The molecule has 0 aliphatic carbocycles. The second-order valence-corrected chi connectivity index (χ2v) is 5.74. The Morgan fingerprint density at radius 2 is 2.08 bits per heavy atom. The molecule has 2 heterocycles. The van der Waals surface area contributed by atoms with E-state index in [9.17, 15) is 14.4 Å². The average Bonchev–Trinajstić information content (AvgIpc) is 2.58. The number of H-pyrrole nitrogens is 1. The lowest BCUT2D eigenvalue weighted by molar-refractivity contribution is -0.144. The van der Waals surface area contributed by atoms with Gasteiger partial charge in [-0.25, -0.2) is 9.78 Å². The molecule has 2 N–H and O–H groups in total. The van der Waals surface area contributed by atoms with Crippen LogP contribution in [0.3, 0.4) is 0 Å². The molecule has 0 aliphatic rings. The van der Waals surface area contributed by atoms with E-state index in [1.807, 2.05) is 20.8 Å². The number of esters is 1. The van der Waals surface area contributed by atoms with Crippen molar-refractivity contribution in [1.82, 2.24) is 15.3 Å². The molecule has 0 aromatic carbocycles. The summed E-state index contributed by atoms with van der Waals surface area (Å²) in [5.41, 5.74) is 0.688. The highest BCUT2D eigenvalue weighted by atomic mass is 16.5. The number of hydrogen-bond donors (Lipinski definition) is 2. The van der Waals surface area contributed by atoms with Crippen molar-refractivity contribution in [3.8, 4) is 0 Å². The van der Waals surface area contributed by atoms with Crippen molar-refractivity contribution >= 4 is 22.9 Å². The Balaban J connectivity index is 2.37. The fourth-order valence-electron chi connectivity index (χ4n) is 2.38. The third-order valence-corrected chi connectivity index (χ3v) is 4.08. The number of hydrogen-bond acceptors (Lipinski definition) is 5. The van der Waals surface area contributed by atoms with Gasteiger partial charge in [0.05, 0.1) is 12.5 Å². The van der Waals surface area contributed by atoms with E-state index in [-0.39, 0.29) is 11.5 Å². The second-order valence-electron chi connectivity index (χ2n) is 5.74. The van der Waals surface area contributed by atoms with Crippen molar-refractivity contribution < 1.29 is 14.3 Å². The molecule has 2 atom stereocenters. The van der Waals surface area contributed by atoms with Gasteiger partial charge >= 0.3 is 5.97 Å². The van der Waals surface area contributed by atoms with Crippen molar-refractivity contribution in [2.24, 2.45) is 5.92 Å². The molecule has 24 heavy (non-hydrogen) atoms. The van der Waals surface area contributed by atoms with E-state index in [1.54, 1.807) is 12.1 Å².